The molecule has 6 nitrogen and oxygen atoms in total. The van der Waals surface area contributed by atoms with Gasteiger partial charge in [-0.25, -0.2) is 4.79 Å². The molecule has 4 aromatic rings. The van der Waals surface area contributed by atoms with Crippen LogP contribution in [0.4, 0.5) is 4.79 Å². The molecule has 0 radical (unpaired) electrons. The van der Waals surface area contributed by atoms with Crippen molar-refractivity contribution in [2.75, 3.05) is 20.8 Å². The minimum atomic E-state index is -0.208. The van der Waals surface area contributed by atoms with Gasteiger partial charge < -0.3 is 25.1 Å². The van der Waals surface area contributed by atoms with Crippen LogP contribution in [0, 0.1) is 6.92 Å². The average Bonchev–Trinajstić information content (AvgIpc) is 3.27. The highest BCUT2D eigenvalue weighted by Crippen LogP contribution is 2.35. The van der Waals surface area contributed by atoms with Crippen LogP contribution in [0.5, 0.6) is 11.5 Å². The number of benzene rings is 3. The van der Waals surface area contributed by atoms with E-state index in [1.165, 1.54) is 5.56 Å². The van der Waals surface area contributed by atoms with Gasteiger partial charge in [-0.1, -0.05) is 54.1 Å². The van der Waals surface area contributed by atoms with Gasteiger partial charge in [-0.15, -0.1) is 0 Å². The lowest BCUT2D eigenvalue weighted by molar-refractivity contribution is 0.240. The van der Waals surface area contributed by atoms with Crippen molar-refractivity contribution >= 4 is 16.9 Å². The normalized spacial score (nSPS) is 11.7. The number of carbonyl (C=O) groups is 1. The van der Waals surface area contributed by atoms with Gasteiger partial charge >= 0.3 is 6.03 Å². The molecule has 4 rings (SSSR count). The highest BCUT2D eigenvalue weighted by Gasteiger charge is 2.21. The van der Waals surface area contributed by atoms with E-state index < -0.39 is 0 Å². The topological polar surface area (TPSA) is 75.4 Å². The number of nitrogens with one attached hydrogen (secondary N) is 3. The summed E-state index contributed by atoms with van der Waals surface area (Å²) in [4.78, 5) is 15.9. The third kappa shape index (κ3) is 5.12. The van der Waals surface area contributed by atoms with Gasteiger partial charge in [0, 0.05) is 36.1 Å². The molecule has 1 aromatic heterocycles. The predicted octanol–water partition coefficient (Wildman–Crippen LogP) is 5.12. The molecule has 1 heterocycles. The number of amides is 2. The second kappa shape index (κ2) is 10.1. The van der Waals surface area contributed by atoms with E-state index in [0.717, 1.165) is 27.6 Å². The molecule has 0 spiro atoms. The number of ether oxygens (including phenoxy) is 2. The molecule has 0 saturated carbocycles. The van der Waals surface area contributed by atoms with Crippen LogP contribution in [0.3, 0.4) is 0 Å². The molecule has 6 heteroatoms. The first-order valence-corrected chi connectivity index (χ1v) is 10.9. The van der Waals surface area contributed by atoms with E-state index in [1.807, 2.05) is 73.8 Å². The number of rotatable bonds is 8. The lowest BCUT2D eigenvalue weighted by atomic mass is 9.90. The minimum absolute atomic E-state index is 0.0777. The van der Waals surface area contributed by atoms with Crippen molar-refractivity contribution in [2.45, 2.75) is 19.4 Å². The van der Waals surface area contributed by atoms with Crippen molar-refractivity contribution < 1.29 is 14.3 Å². The van der Waals surface area contributed by atoms with E-state index in [1.54, 1.807) is 14.2 Å². The second-order valence-electron chi connectivity index (χ2n) is 8.01. The van der Waals surface area contributed by atoms with Crippen LogP contribution >= 0.6 is 0 Å². The molecule has 0 saturated heterocycles. The number of fused-ring (bicyclic) bond motifs is 1. The van der Waals surface area contributed by atoms with E-state index in [4.69, 9.17) is 9.47 Å². The molecule has 3 N–H and O–H groups in total. The fourth-order valence-electron chi connectivity index (χ4n) is 4.00. The first-order valence-electron chi connectivity index (χ1n) is 10.9. The Morgan fingerprint density at radius 3 is 2.45 bits per heavy atom. The van der Waals surface area contributed by atoms with E-state index in [2.05, 4.69) is 21.7 Å². The number of aromatic nitrogens is 1. The van der Waals surface area contributed by atoms with E-state index in [9.17, 15) is 4.79 Å². The van der Waals surface area contributed by atoms with E-state index >= 15 is 0 Å². The van der Waals surface area contributed by atoms with Gasteiger partial charge in [-0.05, 0) is 41.8 Å². The molecule has 2 amide bonds. The van der Waals surface area contributed by atoms with Gasteiger partial charge in [0.2, 0.25) is 0 Å². The Labute approximate surface area is 193 Å². The van der Waals surface area contributed by atoms with Gasteiger partial charge in [-0.2, -0.15) is 0 Å². The number of carbonyl (C=O) groups excluding carboxylic acids is 1. The minimum Gasteiger partial charge on any atom is -0.493 e. The Bertz CT molecular complexity index is 1230. The Hall–Kier alpha value is -3.93. The van der Waals surface area contributed by atoms with E-state index in [-0.39, 0.29) is 11.9 Å². The molecule has 1 unspecified atom stereocenters. The maximum Gasteiger partial charge on any atom is 0.315 e. The van der Waals surface area contributed by atoms with Crippen molar-refractivity contribution in [3.8, 4) is 11.5 Å². The largest absolute Gasteiger partial charge is 0.493 e. The number of urea groups is 1. The Morgan fingerprint density at radius 1 is 0.939 bits per heavy atom. The molecule has 3 aromatic carbocycles. The number of methoxy groups -OCH3 is 2. The number of hydrogen-bond acceptors (Lipinski definition) is 3. The first kappa shape index (κ1) is 22.3. The Balaban J connectivity index is 1.55. The fraction of sp³-hybridized carbons (Fsp3) is 0.222. The summed E-state index contributed by atoms with van der Waals surface area (Å²) in [5.74, 6) is 1.25. The van der Waals surface area contributed by atoms with Gasteiger partial charge in [0.15, 0.2) is 11.5 Å². The zero-order valence-corrected chi connectivity index (χ0v) is 19.1. The van der Waals surface area contributed by atoms with Crippen molar-refractivity contribution in [3.63, 3.8) is 0 Å². The summed E-state index contributed by atoms with van der Waals surface area (Å²) in [6.07, 6.45) is 2.01. The van der Waals surface area contributed by atoms with Crippen molar-refractivity contribution in [2.24, 2.45) is 0 Å². The highest BCUT2D eigenvalue weighted by molar-refractivity contribution is 5.84. The molecule has 0 aliphatic carbocycles. The predicted molar refractivity (Wildman–Crippen MR) is 131 cm³/mol. The quantitative estimate of drug-likeness (QED) is 0.354. The fourth-order valence-corrected chi connectivity index (χ4v) is 4.00. The van der Waals surface area contributed by atoms with Gasteiger partial charge in [0.05, 0.1) is 14.2 Å². The first-order chi connectivity index (χ1) is 16.1. The molecule has 0 fully saturated rings. The van der Waals surface area contributed by atoms with Crippen LogP contribution in [0.2, 0.25) is 0 Å². The number of aromatic amines is 1. The third-order valence-electron chi connectivity index (χ3n) is 5.85. The van der Waals surface area contributed by atoms with Crippen LogP contribution in [-0.4, -0.2) is 31.8 Å². The molecule has 0 aliphatic rings. The van der Waals surface area contributed by atoms with Crippen LogP contribution in [-0.2, 0) is 6.54 Å². The number of aryl methyl sites for hydroxylation is 1. The second-order valence-corrected chi connectivity index (χ2v) is 8.01. The van der Waals surface area contributed by atoms with Crippen molar-refractivity contribution in [3.05, 3.63) is 95.2 Å². The molecule has 33 heavy (non-hydrogen) atoms. The Kier molecular flexibility index (Phi) is 6.83. The summed E-state index contributed by atoms with van der Waals surface area (Å²) in [7, 11) is 3.24. The Morgan fingerprint density at radius 2 is 1.70 bits per heavy atom. The van der Waals surface area contributed by atoms with Gasteiger partial charge in [-0.3, -0.25) is 0 Å². The SMILES string of the molecule is COc1ccc(C(CNC(=O)NCc2ccc(C)cc2)c2c[nH]c3ccccc23)cc1OC. The molecule has 1 atom stereocenters. The maximum absolute atomic E-state index is 12.6. The van der Waals surface area contributed by atoms with Crippen LogP contribution in [0.1, 0.15) is 28.2 Å². The van der Waals surface area contributed by atoms with Crippen molar-refractivity contribution in [1.29, 1.82) is 0 Å². The lowest BCUT2D eigenvalue weighted by Crippen LogP contribution is -2.37. The molecule has 0 bridgehead atoms. The average molecular weight is 444 g/mol. The number of H-pyrrole nitrogens is 1. The van der Waals surface area contributed by atoms with Crippen LogP contribution in [0.15, 0.2) is 72.9 Å². The summed E-state index contributed by atoms with van der Waals surface area (Å²) >= 11 is 0. The van der Waals surface area contributed by atoms with E-state index in [0.29, 0.717) is 24.6 Å². The van der Waals surface area contributed by atoms with Crippen LogP contribution < -0.4 is 20.1 Å². The van der Waals surface area contributed by atoms with Gasteiger partial charge in [0.25, 0.3) is 0 Å². The number of para-hydroxylation sites is 1. The zero-order chi connectivity index (χ0) is 23.2. The lowest BCUT2D eigenvalue weighted by Gasteiger charge is -2.20. The summed E-state index contributed by atoms with van der Waals surface area (Å²) in [6.45, 7) is 2.94. The monoisotopic (exact) mass is 443 g/mol. The summed E-state index contributed by atoms with van der Waals surface area (Å²) in [6, 6.07) is 22.0. The summed E-state index contributed by atoms with van der Waals surface area (Å²) in [5.41, 5.74) is 5.44. The van der Waals surface area contributed by atoms with Crippen LogP contribution in [0.25, 0.3) is 10.9 Å². The summed E-state index contributed by atoms with van der Waals surface area (Å²) < 4.78 is 10.9. The molecule has 170 valence electrons. The highest BCUT2D eigenvalue weighted by atomic mass is 16.5. The maximum atomic E-state index is 12.6. The zero-order valence-electron chi connectivity index (χ0n) is 19.1. The van der Waals surface area contributed by atoms with Gasteiger partial charge in [0.1, 0.15) is 0 Å². The van der Waals surface area contributed by atoms with Crippen molar-refractivity contribution in [1.82, 2.24) is 15.6 Å². The standard InChI is InChI=1S/C27H29N3O3/c1-18-8-10-19(11-9-18)15-29-27(31)30-16-22(20-12-13-25(32-2)26(14-20)33-3)23-17-28-24-7-5-4-6-21(23)24/h4-14,17,22,28H,15-16H2,1-3H3,(H2,29,30,31). The molecule has 0 aliphatic heterocycles. The smallest absolute Gasteiger partial charge is 0.315 e. The summed E-state index contributed by atoms with van der Waals surface area (Å²) in [5, 5.41) is 7.12. The number of hydrogen-bond donors (Lipinski definition) is 3. The molecular weight excluding hydrogens is 414 g/mol. The third-order valence-corrected chi connectivity index (χ3v) is 5.85. The molecular formula is C27H29N3O3.